The molecule has 1 aromatic heterocycles. The Hall–Kier alpha value is -2.50. The Bertz CT molecular complexity index is 1340. The third-order valence-corrected chi connectivity index (χ3v) is 9.31. The molecule has 4 rings (SSSR count). The maximum absolute atomic E-state index is 14.1. The summed E-state index contributed by atoms with van der Waals surface area (Å²) < 4.78 is 119. The molecule has 1 saturated heterocycles. The average molecular weight is 621 g/mol. The van der Waals surface area contributed by atoms with Crippen molar-refractivity contribution < 1.29 is 43.9 Å². The quantitative estimate of drug-likeness (QED) is 0.470. The lowest BCUT2D eigenvalue weighted by atomic mass is 9.78. The van der Waals surface area contributed by atoms with Crippen LogP contribution in [0.5, 0.6) is 0 Å². The van der Waals surface area contributed by atoms with Gasteiger partial charge < -0.3 is 5.32 Å². The van der Waals surface area contributed by atoms with Crippen LogP contribution in [0.3, 0.4) is 0 Å². The zero-order valence-electron chi connectivity index (χ0n) is 20.6. The van der Waals surface area contributed by atoms with Crippen LogP contribution < -0.4 is 5.32 Å². The van der Waals surface area contributed by atoms with Crippen LogP contribution in [0, 0.1) is 0 Å². The highest BCUT2D eigenvalue weighted by Crippen LogP contribution is 2.42. The van der Waals surface area contributed by atoms with Gasteiger partial charge in [0.1, 0.15) is 0 Å². The lowest BCUT2D eigenvalue weighted by molar-refractivity contribution is -0.137. The van der Waals surface area contributed by atoms with Crippen molar-refractivity contribution >= 4 is 27.5 Å². The second kappa shape index (κ2) is 11.1. The molecule has 0 atom stereocenters. The summed E-state index contributed by atoms with van der Waals surface area (Å²) in [6, 6.07) is 2.25. The van der Waals surface area contributed by atoms with Crippen LogP contribution >= 0.6 is 11.6 Å². The number of alkyl halides is 7. The number of sulfonamides is 1. The van der Waals surface area contributed by atoms with Crippen LogP contribution in [0.4, 0.5) is 30.7 Å². The van der Waals surface area contributed by atoms with Crippen molar-refractivity contribution in [3.8, 4) is 0 Å². The molecule has 0 bridgehead atoms. The first-order valence-electron chi connectivity index (χ1n) is 12.0. The second-order valence-corrected chi connectivity index (χ2v) is 12.0. The van der Waals surface area contributed by atoms with Gasteiger partial charge in [-0.15, -0.1) is 5.10 Å². The lowest BCUT2D eigenvalue weighted by Gasteiger charge is -2.50. The summed E-state index contributed by atoms with van der Waals surface area (Å²) in [4.78, 5) is 14.6. The van der Waals surface area contributed by atoms with Gasteiger partial charge in [-0.1, -0.05) is 16.8 Å². The van der Waals surface area contributed by atoms with Crippen LogP contribution in [0.15, 0.2) is 29.4 Å². The number of piperazine rings is 1. The SMILES string of the molecule is O=C(NCC1(N2CCN(S(=O)(=O)c3cn(C(F)F)nn3)CC2)CCC(F)(F)CC1)c1ccc(C(F)(F)F)cc1Cl. The van der Waals surface area contributed by atoms with E-state index in [2.05, 4.69) is 15.6 Å². The Kier molecular flexibility index (Phi) is 8.42. The number of rotatable bonds is 7. The Balaban J connectivity index is 1.47. The minimum Gasteiger partial charge on any atom is -0.350 e. The predicted octanol–water partition coefficient (Wildman–Crippen LogP) is 4.03. The molecule has 1 saturated carbocycles. The number of nitrogens with one attached hydrogen (secondary N) is 1. The number of amides is 1. The topological polar surface area (TPSA) is 100 Å². The van der Waals surface area contributed by atoms with Gasteiger partial charge in [-0.25, -0.2) is 17.2 Å². The van der Waals surface area contributed by atoms with Gasteiger partial charge in [0.15, 0.2) is 0 Å². The van der Waals surface area contributed by atoms with Crippen molar-refractivity contribution in [1.29, 1.82) is 0 Å². The van der Waals surface area contributed by atoms with E-state index in [1.807, 2.05) is 0 Å². The van der Waals surface area contributed by atoms with Crippen LogP contribution in [0.2, 0.25) is 5.02 Å². The summed E-state index contributed by atoms with van der Waals surface area (Å²) in [7, 11) is -4.25. The summed E-state index contributed by atoms with van der Waals surface area (Å²) in [5, 5.41) is 7.92. The zero-order valence-corrected chi connectivity index (χ0v) is 22.2. The summed E-state index contributed by atoms with van der Waals surface area (Å²) in [5.74, 6) is -3.72. The fourth-order valence-corrected chi connectivity index (χ4v) is 6.47. The number of carbonyl (C=O) groups is 1. The van der Waals surface area contributed by atoms with E-state index in [1.54, 1.807) is 4.90 Å². The van der Waals surface area contributed by atoms with E-state index in [-0.39, 0.29) is 55.8 Å². The Morgan fingerprint density at radius 3 is 2.23 bits per heavy atom. The summed E-state index contributed by atoms with van der Waals surface area (Å²) in [6.45, 7) is -3.30. The van der Waals surface area contributed by atoms with Gasteiger partial charge in [0.2, 0.25) is 10.9 Å². The molecule has 2 heterocycles. The van der Waals surface area contributed by atoms with Gasteiger partial charge in [0.25, 0.3) is 15.9 Å². The van der Waals surface area contributed by atoms with Gasteiger partial charge in [0, 0.05) is 51.1 Å². The smallest absolute Gasteiger partial charge is 0.350 e. The average Bonchev–Trinajstić information content (AvgIpc) is 3.40. The first-order chi connectivity index (χ1) is 18.5. The monoisotopic (exact) mass is 620 g/mol. The third-order valence-electron chi connectivity index (χ3n) is 7.23. The molecular formula is C22H24ClF7N6O3S. The summed E-state index contributed by atoms with van der Waals surface area (Å²) in [5.41, 5.74) is -2.26. The van der Waals surface area contributed by atoms with Crippen LogP contribution in [-0.4, -0.2) is 82.7 Å². The normalized spacial score (nSPS) is 20.5. The van der Waals surface area contributed by atoms with E-state index < -0.39 is 68.6 Å². The number of halogens is 8. The first kappa shape index (κ1) is 30.5. The minimum atomic E-state index is -4.66. The van der Waals surface area contributed by atoms with E-state index in [4.69, 9.17) is 11.6 Å². The van der Waals surface area contributed by atoms with E-state index in [1.165, 1.54) is 0 Å². The van der Waals surface area contributed by atoms with E-state index in [9.17, 15) is 43.9 Å². The molecule has 2 aromatic rings. The number of aromatic nitrogens is 3. The van der Waals surface area contributed by atoms with Gasteiger partial charge in [-0.3, -0.25) is 9.69 Å². The Labute approximate surface area is 229 Å². The maximum atomic E-state index is 14.1. The van der Waals surface area contributed by atoms with Crippen molar-refractivity contribution in [3.63, 3.8) is 0 Å². The fourth-order valence-electron chi connectivity index (χ4n) is 4.91. The van der Waals surface area contributed by atoms with Crippen molar-refractivity contribution in [3.05, 3.63) is 40.5 Å². The van der Waals surface area contributed by atoms with Crippen molar-refractivity contribution in [2.45, 2.75) is 54.9 Å². The molecule has 1 aromatic carbocycles. The Morgan fingerprint density at radius 2 is 1.70 bits per heavy atom. The van der Waals surface area contributed by atoms with Crippen molar-refractivity contribution in [2.24, 2.45) is 0 Å². The highest BCUT2D eigenvalue weighted by molar-refractivity contribution is 7.89. The molecule has 1 aliphatic carbocycles. The molecule has 9 nitrogen and oxygen atoms in total. The van der Waals surface area contributed by atoms with Crippen molar-refractivity contribution in [2.75, 3.05) is 32.7 Å². The maximum Gasteiger partial charge on any atom is 0.416 e. The first-order valence-corrected chi connectivity index (χ1v) is 13.8. The molecule has 1 aliphatic heterocycles. The van der Waals surface area contributed by atoms with Gasteiger partial charge in [-0.05, 0) is 31.0 Å². The molecule has 1 amide bonds. The van der Waals surface area contributed by atoms with Crippen LogP contribution in [-0.2, 0) is 16.2 Å². The molecule has 40 heavy (non-hydrogen) atoms. The van der Waals surface area contributed by atoms with Gasteiger partial charge >= 0.3 is 12.7 Å². The molecule has 0 spiro atoms. The number of hydrogen-bond donors (Lipinski definition) is 1. The molecule has 2 aliphatic rings. The highest BCUT2D eigenvalue weighted by atomic mass is 35.5. The Morgan fingerprint density at radius 1 is 1.07 bits per heavy atom. The fraction of sp³-hybridized carbons (Fsp3) is 0.591. The van der Waals surface area contributed by atoms with Gasteiger partial charge in [-0.2, -0.15) is 30.9 Å². The molecule has 1 N–H and O–H groups in total. The van der Waals surface area contributed by atoms with E-state index in [0.717, 1.165) is 10.4 Å². The van der Waals surface area contributed by atoms with Crippen molar-refractivity contribution in [1.82, 2.24) is 29.5 Å². The zero-order chi connectivity index (χ0) is 29.5. The molecule has 0 radical (unpaired) electrons. The summed E-state index contributed by atoms with van der Waals surface area (Å²) in [6.07, 6.45) is -5.12. The minimum absolute atomic E-state index is 0.0452. The number of nitrogens with zero attached hydrogens (tertiary/aromatic N) is 5. The van der Waals surface area contributed by atoms with E-state index in [0.29, 0.717) is 18.3 Å². The summed E-state index contributed by atoms with van der Waals surface area (Å²) >= 11 is 5.92. The predicted molar refractivity (Wildman–Crippen MR) is 127 cm³/mol. The highest BCUT2D eigenvalue weighted by Gasteiger charge is 2.48. The lowest BCUT2D eigenvalue weighted by Crippen LogP contribution is -2.63. The van der Waals surface area contributed by atoms with E-state index >= 15 is 0 Å². The standard InChI is InChI=1S/C22H24ClF7N6O3S/c23-16-11-14(22(28,29)30)1-2-15(16)18(37)31-13-20(3-5-21(26,27)6-4-20)34-7-9-35(10-8-34)40(38,39)17-12-36(19(24)25)33-32-17/h1-2,11-12,19H,3-10,13H2,(H,31,37). The molecule has 222 valence electrons. The van der Waals surface area contributed by atoms with Gasteiger partial charge in [0.05, 0.1) is 22.3 Å². The second-order valence-electron chi connectivity index (χ2n) is 9.66. The number of benzene rings is 1. The number of carbonyl (C=O) groups excluding carboxylic acids is 1. The third kappa shape index (κ3) is 6.36. The number of hydrogen-bond acceptors (Lipinski definition) is 6. The van der Waals surface area contributed by atoms with Crippen LogP contribution in [0.1, 0.15) is 48.2 Å². The van der Waals surface area contributed by atoms with Crippen LogP contribution in [0.25, 0.3) is 0 Å². The molecule has 18 heteroatoms. The molecule has 0 unspecified atom stereocenters. The molecule has 2 fully saturated rings. The largest absolute Gasteiger partial charge is 0.416 e. The molecular weight excluding hydrogens is 597 g/mol.